The highest BCUT2D eigenvalue weighted by Gasteiger charge is 2.23. The van der Waals surface area contributed by atoms with Crippen molar-refractivity contribution in [2.45, 2.75) is 13.0 Å². The van der Waals surface area contributed by atoms with Crippen molar-refractivity contribution >= 4 is 0 Å². The molecule has 3 rings (SSSR count). The molecule has 19 heavy (non-hydrogen) atoms. The maximum Gasteiger partial charge on any atom is 0.257 e. The van der Waals surface area contributed by atoms with E-state index >= 15 is 0 Å². The molecule has 1 aromatic heterocycles. The second kappa shape index (κ2) is 5.50. The number of hydrogen-bond donors (Lipinski definition) is 1. The summed E-state index contributed by atoms with van der Waals surface area (Å²) in [4.78, 5) is 6.66. The van der Waals surface area contributed by atoms with E-state index in [1.165, 1.54) is 0 Å². The van der Waals surface area contributed by atoms with Crippen molar-refractivity contribution in [1.82, 2.24) is 15.0 Å². The number of aliphatic hydroxyl groups is 1. The fourth-order valence-corrected chi connectivity index (χ4v) is 2.42. The highest BCUT2D eigenvalue weighted by Crippen LogP contribution is 2.19. The Kier molecular flexibility index (Phi) is 3.57. The second-order valence-corrected chi connectivity index (χ2v) is 4.95. The molecule has 0 bridgehead atoms. The van der Waals surface area contributed by atoms with Gasteiger partial charge in [0.1, 0.15) is 0 Å². The van der Waals surface area contributed by atoms with Crippen molar-refractivity contribution in [3.05, 3.63) is 36.2 Å². The minimum Gasteiger partial charge on any atom is -0.396 e. The van der Waals surface area contributed by atoms with E-state index in [0.717, 1.165) is 25.1 Å². The molecule has 5 heteroatoms. The van der Waals surface area contributed by atoms with Crippen LogP contribution in [0.3, 0.4) is 0 Å². The molecule has 1 N–H and O–H groups in total. The van der Waals surface area contributed by atoms with Crippen molar-refractivity contribution < 1.29 is 9.63 Å². The van der Waals surface area contributed by atoms with Gasteiger partial charge in [-0.1, -0.05) is 23.4 Å². The summed E-state index contributed by atoms with van der Waals surface area (Å²) in [5.41, 5.74) is 0.941. The summed E-state index contributed by atoms with van der Waals surface area (Å²) in [5.74, 6) is 1.66. The minimum atomic E-state index is 0.262. The van der Waals surface area contributed by atoms with Crippen LogP contribution in [-0.2, 0) is 6.54 Å². The molecule has 1 fully saturated rings. The summed E-state index contributed by atoms with van der Waals surface area (Å²) in [6, 6.07) is 9.76. The van der Waals surface area contributed by atoms with E-state index in [2.05, 4.69) is 15.0 Å². The highest BCUT2D eigenvalue weighted by atomic mass is 16.5. The molecule has 100 valence electrons. The predicted octanol–water partition coefficient (Wildman–Crippen LogP) is 1.55. The average molecular weight is 259 g/mol. The first-order valence-electron chi connectivity index (χ1n) is 6.56. The summed E-state index contributed by atoms with van der Waals surface area (Å²) < 4.78 is 5.28. The molecule has 1 saturated heterocycles. The molecule has 0 aliphatic carbocycles. The zero-order valence-electron chi connectivity index (χ0n) is 10.7. The van der Waals surface area contributed by atoms with Gasteiger partial charge in [-0.05, 0) is 31.0 Å². The van der Waals surface area contributed by atoms with Gasteiger partial charge in [-0.25, -0.2) is 0 Å². The lowest BCUT2D eigenvalue weighted by Gasteiger charge is -2.12. The number of nitrogens with zero attached hydrogens (tertiary/aromatic N) is 3. The predicted molar refractivity (Wildman–Crippen MR) is 70.2 cm³/mol. The number of likely N-dealkylation sites (tertiary alicyclic amines) is 1. The van der Waals surface area contributed by atoms with Gasteiger partial charge in [0, 0.05) is 18.7 Å². The average Bonchev–Trinajstić information content (AvgIpc) is 3.09. The summed E-state index contributed by atoms with van der Waals surface area (Å²) in [6.07, 6.45) is 1.04. The van der Waals surface area contributed by atoms with Crippen LogP contribution in [0.2, 0.25) is 0 Å². The summed E-state index contributed by atoms with van der Waals surface area (Å²) in [5, 5.41) is 13.1. The van der Waals surface area contributed by atoms with Gasteiger partial charge in [0.05, 0.1) is 6.54 Å². The molecule has 1 aliphatic rings. The van der Waals surface area contributed by atoms with Gasteiger partial charge in [0.15, 0.2) is 5.82 Å². The smallest absolute Gasteiger partial charge is 0.257 e. The van der Waals surface area contributed by atoms with E-state index in [1.807, 2.05) is 30.3 Å². The van der Waals surface area contributed by atoms with Crippen LogP contribution in [0.25, 0.3) is 11.5 Å². The number of rotatable bonds is 4. The fourth-order valence-electron chi connectivity index (χ4n) is 2.42. The third kappa shape index (κ3) is 2.83. The third-order valence-electron chi connectivity index (χ3n) is 3.48. The van der Waals surface area contributed by atoms with Crippen molar-refractivity contribution in [2.75, 3.05) is 19.7 Å². The SMILES string of the molecule is OCC1CCN(Cc2noc(-c3ccccc3)n2)C1. The Labute approximate surface area is 111 Å². The number of hydrogen-bond acceptors (Lipinski definition) is 5. The van der Waals surface area contributed by atoms with Crippen LogP contribution in [-0.4, -0.2) is 39.8 Å². The first kappa shape index (κ1) is 12.3. The highest BCUT2D eigenvalue weighted by molar-refractivity contribution is 5.51. The van der Waals surface area contributed by atoms with Crippen molar-refractivity contribution in [3.8, 4) is 11.5 Å². The molecule has 1 aromatic carbocycles. The maximum absolute atomic E-state index is 9.13. The second-order valence-electron chi connectivity index (χ2n) is 4.95. The Balaban J connectivity index is 1.66. The van der Waals surface area contributed by atoms with Crippen LogP contribution < -0.4 is 0 Å². The first-order valence-corrected chi connectivity index (χ1v) is 6.56. The monoisotopic (exact) mass is 259 g/mol. The van der Waals surface area contributed by atoms with Gasteiger partial charge in [-0.3, -0.25) is 4.90 Å². The largest absolute Gasteiger partial charge is 0.396 e. The number of aromatic nitrogens is 2. The van der Waals surface area contributed by atoms with E-state index < -0.39 is 0 Å². The van der Waals surface area contributed by atoms with E-state index in [-0.39, 0.29) is 6.61 Å². The number of aliphatic hydroxyl groups excluding tert-OH is 1. The van der Waals surface area contributed by atoms with Crippen LogP contribution in [0, 0.1) is 5.92 Å². The Morgan fingerprint density at radius 3 is 2.89 bits per heavy atom. The van der Waals surface area contributed by atoms with E-state index in [0.29, 0.717) is 24.2 Å². The maximum atomic E-state index is 9.13. The van der Waals surface area contributed by atoms with Gasteiger partial charge in [0.2, 0.25) is 0 Å². The summed E-state index contributed by atoms with van der Waals surface area (Å²) >= 11 is 0. The lowest BCUT2D eigenvalue weighted by Crippen LogP contribution is -2.21. The molecule has 0 spiro atoms. The van der Waals surface area contributed by atoms with Gasteiger partial charge < -0.3 is 9.63 Å². The van der Waals surface area contributed by atoms with Gasteiger partial charge in [0.25, 0.3) is 5.89 Å². The normalized spacial score (nSPS) is 19.9. The van der Waals surface area contributed by atoms with Crippen LogP contribution in [0.1, 0.15) is 12.2 Å². The van der Waals surface area contributed by atoms with E-state index in [1.54, 1.807) is 0 Å². The molecule has 0 radical (unpaired) electrons. The number of benzene rings is 1. The molecule has 5 nitrogen and oxygen atoms in total. The first-order chi connectivity index (χ1) is 9.35. The molecule has 0 saturated carbocycles. The quantitative estimate of drug-likeness (QED) is 0.902. The summed E-state index contributed by atoms with van der Waals surface area (Å²) in [6.45, 7) is 2.84. The Bertz CT molecular complexity index is 526. The Hall–Kier alpha value is -1.72. The van der Waals surface area contributed by atoms with E-state index in [9.17, 15) is 0 Å². The van der Waals surface area contributed by atoms with Crippen LogP contribution in [0.4, 0.5) is 0 Å². The Morgan fingerprint density at radius 2 is 2.16 bits per heavy atom. The minimum absolute atomic E-state index is 0.262. The standard InChI is InChI=1S/C14H17N3O2/c18-10-11-6-7-17(8-11)9-13-15-14(19-16-13)12-4-2-1-3-5-12/h1-5,11,18H,6-10H2. The van der Waals surface area contributed by atoms with Crippen LogP contribution in [0.5, 0.6) is 0 Å². The van der Waals surface area contributed by atoms with Gasteiger partial charge in [-0.15, -0.1) is 0 Å². The summed E-state index contributed by atoms with van der Waals surface area (Å²) in [7, 11) is 0. The van der Waals surface area contributed by atoms with Crippen molar-refractivity contribution in [3.63, 3.8) is 0 Å². The molecule has 0 amide bonds. The lowest BCUT2D eigenvalue weighted by molar-refractivity contribution is 0.218. The van der Waals surface area contributed by atoms with E-state index in [4.69, 9.17) is 9.63 Å². The Morgan fingerprint density at radius 1 is 1.32 bits per heavy atom. The fraction of sp³-hybridized carbons (Fsp3) is 0.429. The molecular formula is C14H17N3O2. The van der Waals surface area contributed by atoms with Gasteiger partial charge in [-0.2, -0.15) is 4.98 Å². The van der Waals surface area contributed by atoms with Crippen LogP contribution in [0.15, 0.2) is 34.9 Å². The van der Waals surface area contributed by atoms with Crippen LogP contribution >= 0.6 is 0 Å². The third-order valence-corrected chi connectivity index (χ3v) is 3.48. The molecule has 2 heterocycles. The topological polar surface area (TPSA) is 62.4 Å². The molecule has 2 aromatic rings. The molecule has 1 atom stereocenters. The van der Waals surface area contributed by atoms with Crippen molar-refractivity contribution in [2.24, 2.45) is 5.92 Å². The zero-order chi connectivity index (χ0) is 13.1. The zero-order valence-corrected chi connectivity index (χ0v) is 10.7. The lowest BCUT2D eigenvalue weighted by atomic mass is 10.1. The molecular weight excluding hydrogens is 242 g/mol. The molecule has 1 unspecified atom stereocenters. The molecule has 1 aliphatic heterocycles. The van der Waals surface area contributed by atoms with Gasteiger partial charge >= 0.3 is 0 Å². The van der Waals surface area contributed by atoms with Crippen molar-refractivity contribution in [1.29, 1.82) is 0 Å².